The number of sulfone groups is 1. The lowest BCUT2D eigenvalue weighted by atomic mass is 10.4. The molecule has 0 atom stereocenters. The molecule has 0 radical (unpaired) electrons. The molecule has 2 N–H and O–H groups in total. The fourth-order valence-electron chi connectivity index (χ4n) is 0.888. The van der Waals surface area contributed by atoms with Crippen LogP contribution in [0.15, 0.2) is 0 Å². The first-order valence-electron chi connectivity index (χ1n) is 4.66. The summed E-state index contributed by atoms with van der Waals surface area (Å²) in [4.78, 5) is 0. The lowest BCUT2D eigenvalue weighted by Gasteiger charge is -2.03. The third-order valence-corrected chi connectivity index (χ3v) is 3.77. The quantitative estimate of drug-likeness (QED) is 0.470. The highest BCUT2D eigenvalue weighted by molar-refractivity contribution is 7.91. The summed E-state index contributed by atoms with van der Waals surface area (Å²) in [5, 5.41) is 0. The minimum Gasteiger partial charge on any atom is -0.381 e. The second kappa shape index (κ2) is 8.47. The predicted octanol–water partition coefficient (Wildman–Crippen LogP) is 0.396. The van der Waals surface area contributed by atoms with Crippen LogP contribution in [-0.2, 0) is 14.6 Å². The summed E-state index contributed by atoms with van der Waals surface area (Å²) in [7, 11) is -2.96. The largest absolute Gasteiger partial charge is 0.381 e. The van der Waals surface area contributed by atoms with E-state index in [1.807, 2.05) is 0 Å². The van der Waals surface area contributed by atoms with Crippen molar-refractivity contribution < 1.29 is 13.2 Å². The molecule has 4 nitrogen and oxygen atoms in total. The monoisotopic (exact) mass is 243 g/mol. The Morgan fingerprint density at radius 2 is 1.79 bits per heavy atom. The Kier molecular flexibility index (Phi) is 8.56. The standard InChI is InChI=1S/C8H18ClNO3S/c9-3-8-14(11,12)7-2-6-13-5-1-4-10/h1-8,10H2. The summed E-state index contributed by atoms with van der Waals surface area (Å²) in [6.45, 7) is 1.68. The third kappa shape index (κ3) is 8.74. The number of halogens is 1. The van der Waals surface area contributed by atoms with E-state index in [2.05, 4.69) is 0 Å². The van der Waals surface area contributed by atoms with Gasteiger partial charge in [0.2, 0.25) is 0 Å². The van der Waals surface area contributed by atoms with Crippen LogP contribution in [0.4, 0.5) is 0 Å². The van der Waals surface area contributed by atoms with E-state index >= 15 is 0 Å². The van der Waals surface area contributed by atoms with Gasteiger partial charge in [-0.05, 0) is 19.4 Å². The Bertz CT molecular complexity index is 219. The van der Waals surface area contributed by atoms with Gasteiger partial charge in [0.25, 0.3) is 0 Å². The van der Waals surface area contributed by atoms with Crippen LogP contribution in [0.3, 0.4) is 0 Å². The minimum absolute atomic E-state index is 0.0529. The lowest BCUT2D eigenvalue weighted by molar-refractivity contribution is 0.134. The molecule has 86 valence electrons. The first-order chi connectivity index (χ1) is 6.62. The number of hydrogen-bond acceptors (Lipinski definition) is 4. The normalized spacial score (nSPS) is 11.9. The molecule has 0 bridgehead atoms. The first-order valence-corrected chi connectivity index (χ1v) is 7.02. The highest BCUT2D eigenvalue weighted by Gasteiger charge is 2.08. The van der Waals surface area contributed by atoms with Crippen molar-refractivity contribution in [1.82, 2.24) is 0 Å². The zero-order valence-electron chi connectivity index (χ0n) is 8.25. The fraction of sp³-hybridized carbons (Fsp3) is 1.00. The molecule has 0 aromatic rings. The first kappa shape index (κ1) is 14.2. The maximum Gasteiger partial charge on any atom is 0.151 e. The van der Waals surface area contributed by atoms with Crippen molar-refractivity contribution in [1.29, 1.82) is 0 Å². The molecule has 0 fully saturated rings. The van der Waals surface area contributed by atoms with Crippen LogP contribution in [0, 0.1) is 0 Å². The van der Waals surface area contributed by atoms with Gasteiger partial charge < -0.3 is 10.5 Å². The van der Waals surface area contributed by atoms with E-state index in [4.69, 9.17) is 22.1 Å². The van der Waals surface area contributed by atoms with Gasteiger partial charge in [0.1, 0.15) is 0 Å². The Morgan fingerprint density at radius 1 is 1.14 bits per heavy atom. The molecular formula is C8H18ClNO3S. The van der Waals surface area contributed by atoms with E-state index in [1.54, 1.807) is 0 Å². The Balaban J connectivity index is 3.35. The smallest absolute Gasteiger partial charge is 0.151 e. The number of alkyl halides is 1. The second-order valence-corrected chi connectivity index (χ2v) is 5.63. The van der Waals surface area contributed by atoms with E-state index in [9.17, 15) is 8.42 Å². The van der Waals surface area contributed by atoms with Gasteiger partial charge >= 0.3 is 0 Å². The summed E-state index contributed by atoms with van der Waals surface area (Å²) >= 11 is 5.34. The molecule has 0 amide bonds. The molecule has 0 aliphatic carbocycles. The summed E-state index contributed by atoms with van der Waals surface area (Å²) in [5.74, 6) is 0.371. The zero-order chi connectivity index (χ0) is 10.9. The summed E-state index contributed by atoms with van der Waals surface area (Å²) in [5.41, 5.74) is 5.26. The number of nitrogens with two attached hydrogens (primary N) is 1. The van der Waals surface area contributed by atoms with Gasteiger partial charge in [-0.25, -0.2) is 8.42 Å². The van der Waals surface area contributed by atoms with Crippen LogP contribution in [0.25, 0.3) is 0 Å². The van der Waals surface area contributed by atoms with Crippen LogP contribution in [0.1, 0.15) is 12.8 Å². The van der Waals surface area contributed by atoms with E-state index in [0.29, 0.717) is 26.2 Å². The molecule has 6 heteroatoms. The van der Waals surface area contributed by atoms with Gasteiger partial charge in [-0.15, -0.1) is 11.6 Å². The maximum atomic E-state index is 11.2. The predicted molar refractivity (Wildman–Crippen MR) is 58.5 cm³/mol. The van der Waals surface area contributed by atoms with E-state index in [1.165, 1.54) is 0 Å². The van der Waals surface area contributed by atoms with Gasteiger partial charge in [-0.1, -0.05) is 0 Å². The lowest BCUT2D eigenvalue weighted by Crippen LogP contribution is -2.14. The molecular weight excluding hydrogens is 226 g/mol. The van der Waals surface area contributed by atoms with Crippen LogP contribution >= 0.6 is 11.6 Å². The fourth-order valence-corrected chi connectivity index (χ4v) is 2.59. The van der Waals surface area contributed by atoms with Crippen molar-refractivity contribution in [3.63, 3.8) is 0 Å². The zero-order valence-corrected chi connectivity index (χ0v) is 9.82. The molecule has 0 aromatic carbocycles. The molecule has 0 heterocycles. The summed E-state index contributed by atoms with van der Waals surface area (Å²) in [6.07, 6.45) is 1.35. The van der Waals surface area contributed by atoms with Gasteiger partial charge in [-0.3, -0.25) is 0 Å². The van der Waals surface area contributed by atoms with Crippen molar-refractivity contribution in [3.8, 4) is 0 Å². The number of ether oxygens (including phenoxy) is 1. The van der Waals surface area contributed by atoms with E-state index in [-0.39, 0.29) is 17.4 Å². The third-order valence-electron chi connectivity index (χ3n) is 1.62. The van der Waals surface area contributed by atoms with Crippen LogP contribution in [0.5, 0.6) is 0 Å². The number of hydrogen-bond donors (Lipinski definition) is 1. The maximum absolute atomic E-state index is 11.2. The molecule has 0 saturated carbocycles. The Labute approximate surface area is 90.7 Å². The number of rotatable bonds is 9. The van der Waals surface area contributed by atoms with Crippen molar-refractivity contribution in [2.75, 3.05) is 37.1 Å². The topological polar surface area (TPSA) is 69.4 Å². The molecule has 0 aliphatic heterocycles. The summed E-state index contributed by atoms with van der Waals surface area (Å²) < 4.78 is 27.5. The second-order valence-electron chi connectivity index (χ2n) is 2.95. The van der Waals surface area contributed by atoms with Crippen molar-refractivity contribution in [2.45, 2.75) is 12.8 Å². The Hall–Kier alpha value is 0.160. The molecule has 0 spiro atoms. The van der Waals surface area contributed by atoms with Gasteiger partial charge in [-0.2, -0.15) is 0 Å². The SMILES string of the molecule is NCCCOCCCS(=O)(=O)CCCl. The molecule has 0 rings (SSSR count). The van der Waals surface area contributed by atoms with E-state index < -0.39 is 9.84 Å². The van der Waals surface area contributed by atoms with Crippen LogP contribution < -0.4 is 5.73 Å². The molecule has 0 saturated heterocycles. The molecule has 0 aliphatic rings. The molecule has 0 aromatic heterocycles. The highest BCUT2D eigenvalue weighted by atomic mass is 35.5. The minimum atomic E-state index is -2.96. The van der Waals surface area contributed by atoms with Gasteiger partial charge in [0, 0.05) is 19.1 Å². The molecule has 14 heavy (non-hydrogen) atoms. The highest BCUT2D eigenvalue weighted by Crippen LogP contribution is 1.96. The molecule has 0 unspecified atom stereocenters. The van der Waals surface area contributed by atoms with Crippen molar-refractivity contribution in [3.05, 3.63) is 0 Å². The van der Waals surface area contributed by atoms with Crippen LogP contribution in [-0.4, -0.2) is 45.6 Å². The van der Waals surface area contributed by atoms with E-state index in [0.717, 1.165) is 6.42 Å². The van der Waals surface area contributed by atoms with Gasteiger partial charge in [0.05, 0.1) is 11.5 Å². The van der Waals surface area contributed by atoms with Crippen molar-refractivity contribution >= 4 is 21.4 Å². The van der Waals surface area contributed by atoms with Gasteiger partial charge in [0.15, 0.2) is 9.84 Å². The average molecular weight is 244 g/mol. The summed E-state index contributed by atoms with van der Waals surface area (Å²) in [6, 6.07) is 0. The van der Waals surface area contributed by atoms with Crippen LogP contribution in [0.2, 0.25) is 0 Å². The van der Waals surface area contributed by atoms with Crippen molar-refractivity contribution in [2.24, 2.45) is 5.73 Å². The Morgan fingerprint density at radius 3 is 2.36 bits per heavy atom. The average Bonchev–Trinajstić information content (AvgIpc) is 2.11.